The molecule has 0 fully saturated rings. The van der Waals surface area contributed by atoms with Gasteiger partial charge in [-0.1, -0.05) is 42.5 Å². The van der Waals surface area contributed by atoms with Crippen LogP contribution in [0.4, 0.5) is 5.69 Å². The topological polar surface area (TPSA) is 149 Å². The van der Waals surface area contributed by atoms with Gasteiger partial charge in [-0.3, -0.25) is 4.90 Å². The molecule has 0 radical (unpaired) electrons. The van der Waals surface area contributed by atoms with Crippen LogP contribution in [-0.2, 0) is 23.8 Å². The smallest absolute Gasteiger partial charge is 0.355 e. The summed E-state index contributed by atoms with van der Waals surface area (Å²) < 4.78 is 14.9. The van der Waals surface area contributed by atoms with E-state index in [4.69, 9.17) is 19.9 Å². The van der Waals surface area contributed by atoms with Crippen molar-refractivity contribution in [2.75, 3.05) is 19.1 Å². The molecule has 1 atom stereocenters. The Morgan fingerprint density at radius 3 is 2.21 bits per heavy atom. The molecule has 0 spiro atoms. The lowest BCUT2D eigenvalue weighted by Gasteiger charge is -2.36. The third kappa shape index (κ3) is 3.49. The van der Waals surface area contributed by atoms with Crippen LogP contribution >= 0.6 is 0 Å². The molecule has 10 heteroatoms. The molecule has 188 valence electrons. The second-order valence-corrected chi connectivity index (χ2v) is 8.37. The largest absolute Gasteiger partial charge is 0.466 e. The van der Waals surface area contributed by atoms with Crippen molar-refractivity contribution in [3.05, 3.63) is 100 Å². The van der Waals surface area contributed by atoms with Crippen LogP contribution in [-0.4, -0.2) is 38.1 Å². The second kappa shape index (κ2) is 9.22. The van der Waals surface area contributed by atoms with E-state index < -0.39 is 29.8 Å². The number of hydrogen-bond donors (Lipinski definition) is 1. The number of nitrogens with two attached hydrogens (primary N) is 1. The molecule has 38 heavy (non-hydrogen) atoms. The van der Waals surface area contributed by atoms with Crippen LogP contribution in [0.25, 0.3) is 10.8 Å². The number of carbonyl (C=O) groups excluding carboxylic acids is 4. The molecular formula is C28H19N3O7. The van der Waals surface area contributed by atoms with Crippen LogP contribution in [0.15, 0.2) is 83.3 Å². The second-order valence-electron chi connectivity index (χ2n) is 8.37. The number of anilines is 1. The van der Waals surface area contributed by atoms with Gasteiger partial charge in [0.2, 0.25) is 0 Å². The van der Waals surface area contributed by atoms with Gasteiger partial charge in [-0.05, 0) is 23.8 Å². The van der Waals surface area contributed by atoms with Crippen molar-refractivity contribution >= 4 is 40.3 Å². The van der Waals surface area contributed by atoms with Gasteiger partial charge >= 0.3 is 23.9 Å². The van der Waals surface area contributed by atoms with Crippen LogP contribution in [0.3, 0.4) is 0 Å². The normalized spacial score (nSPS) is 16.8. The van der Waals surface area contributed by atoms with Gasteiger partial charge in [0.15, 0.2) is 0 Å². The Bertz CT molecular complexity index is 1640. The zero-order chi connectivity index (χ0) is 27.1. The number of hydrogen-bond acceptors (Lipinski definition) is 10. The zero-order valence-corrected chi connectivity index (χ0v) is 20.2. The highest BCUT2D eigenvalue weighted by atomic mass is 16.6. The van der Waals surface area contributed by atoms with E-state index in [1.165, 1.54) is 23.1 Å². The summed E-state index contributed by atoms with van der Waals surface area (Å²) in [5.41, 5.74) is 7.17. The van der Waals surface area contributed by atoms with E-state index in [-0.39, 0.29) is 44.9 Å². The van der Waals surface area contributed by atoms with Gasteiger partial charge < -0.3 is 19.9 Å². The van der Waals surface area contributed by atoms with Gasteiger partial charge in [-0.2, -0.15) is 5.26 Å². The van der Waals surface area contributed by atoms with Crippen LogP contribution in [0.1, 0.15) is 32.2 Å². The Morgan fingerprint density at radius 1 is 0.921 bits per heavy atom. The first-order valence-corrected chi connectivity index (χ1v) is 11.3. The Labute approximate surface area is 216 Å². The summed E-state index contributed by atoms with van der Waals surface area (Å²) >= 11 is 0. The molecule has 2 aliphatic rings. The van der Waals surface area contributed by atoms with Gasteiger partial charge in [0.1, 0.15) is 11.5 Å². The lowest BCUT2D eigenvalue weighted by molar-refractivity contribution is -0.139. The summed E-state index contributed by atoms with van der Waals surface area (Å²) in [6.07, 6.45) is 0. The molecule has 5 rings (SSSR count). The maximum Gasteiger partial charge on any atom is 0.355 e. The van der Waals surface area contributed by atoms with E-state index in [1.807, 2.05) is 0 Å². The molecule has 2 heterocycles. The van der Waals surface area contributed by atoms with Crippen molar-refractivity contribution in [3.8, 4) is 6.07 Å². The highest BCUT2D eigenvalue weighted by Crippen LogP contribution is 2.45. The van der Waals surface area contributed by atoms with E-state index in [1.54, 1.807) is 42.5 Å². The van der Waals surface area contributed by atoms with E-state index in [9.17, 15) is 24.4 Å². The Kier molecular flexibility index (Phi) is 5.89. The third-order valence-corrected chi connectivity index (χ3v) is 6.49. The van der Waals surface area contributed by atoms with Crippen LogP contribution in [0.5, 0.6) is 0 Å². The number of benzene rings is 3. The van der Waals surface area contributed by atoms with Gasteiger partial charge in [0, 0.05) is 10.8 Å². The van der Waals surface area contributed by atoms with Gasteiger partial charge in [0.05, 0.1) is 54.2 Å². The fraction of sp³-hybridized carbons (Fsp3) is 0.107. The predicted octanol–water partition coefficient (Wildman–Crippen LogP) is 3.05. The molecule has 2 N–H and O–H groups in total. The van der Waals surface area contributed by atoms with E-state index >= 15 is 0 Å². The third-order valence-electron chi connectivity index (χ3n) is 6.49. The highest BCUT2D eigenvalue weighted by Gasteiger charge is 2.43. The maximum atomic E-state index is 13.3. The number of carbonyl (C=O) groups is 4. The van der Waals surface area contributed by atoms with Crippen molar-refractivity contribution in [2.24, 2.45) is 5.73 Å². The van der Waals surface area contributed by atoms with Crippen molar-refractivity contribution in [3.63, 3.8) is 0 Å². The lowest BCUT2D eigenvalue weighted by Crippen LogP contribution is -2.41. The number of ether oxygens (including phenoxy) is 3. The number of methoxy groups -OCH3 is 2. The number of nitrogens with zero attached hydrogens (tertiary/aromatic N) is 2. The first-order chi connectivity index (χ1) is 18.3. The lowest BCUT2D eigenvalue weighted by atomic mass is 9.80. The Morgan fingerprint density at radius 2 is 1.58 bits per heavy atom. The van der Waals surface area contributed by atoms with Gasteiger partial charge in [-0.25, -0.2) is 19.2 Å². The van der Waals surface area contributed by atoms with Crippen molar-refractivity contribution < 1.29 is 33.4 Å². The van der Waals surface area contributed by atoms with Crippen LogP contribution in [0.2, 0.25) is 0 Å². The van der Waals surface area contributed by atoms with E-state index in [2.05, 4.69) is 6.07 Å². The first-order valence-electron chi connectivity index (χ1n) is 11.3. The summed E-state index contributed by atoms with van der Waals surface area (Å²) in [7, 11) is 2.30. The summed E-state index contributed by atoms with van der Waals surface area (Å²) in [6.45, 7) is 0. The summed E-state index contributed by atoms with van der Waals surface area (Å²) in [5.74, 6) is -4.61. The summed E-state index contributed by atoms with van der Waals surface area (Å²) in [4.78, 5) is 52.7. The van der Waals surface area contributed by atoms with Gasteiger partial charge in [-0.15, -0.1) is 0 Å². The number of allylic oxidation sites excluding steroid dienone is 1. The molecule has 0 saturated heterocycles. The van der Waals surface area contributed by atoms with Crippen molar-refractivity contribution in [1.82, 2.24) is 0 Å². The molecule has 0 aliphatic carbocycles. The quantitative estimate of drug-likeness (QED) is 0.316. The number of esters is 4. The zero-order valence-electron chi connectivity index (χ0n) is 20.2. The molecule has 0 saturated carbocycles. The van der Waals surface area contributed by atoms with Crippen molar-refractivity contribution in [2.45, 2.75) is 5.92 Å². The minimum absolute atomic E-state index is 0.0137. The average Bonchev–Trinajstić information content (AvgIpc) is 2.94. The standard InChI is InChI=1S/C28H19N3O7/c1-36-27(34)22-20(14-7-4-3-5-8-14)18(13-29)24(30)31(23(22)28(35)37-2)19-12-11-17-21-15(19)9-6-10-16(21)25(32)38-26(17)33/h3-12,20H,30H2,1-2H3. The number of nitriles is 1. The van der Waals surface area contributed by atoms with Crippen LogP contribution in [0, 0.1) is 11.3 Å². The number of rotatable bonds is 4. The van der Waals surface area contributed by atoms with Crippen LogP contribution < -0.4 is 10.6 Å². The molecule has 0 aromatic heterocycles. The molecular weight excluding hydrogens is 490 g/mol. The fourth-order valence-electron chi connectivity index (χ4n) is 4.88. The molecule has 0 bridgehead atoms. The molecule has 0 amide bonds. The molecule has 1 unspecified atom stereocenters. The van der Waals surface area contributed by atoms with E-state index in [0.29, 0.717) is 10.9 Å². The SMILES string of the molecule is COC(=O)C1=C(C(=O)OC)N(c2ccc3c4c(cccc24)C(=O)OC3=O)C(N)=C(C#N)C1c1ccccc1. The minimum atomic E-state index is -1.03. The van der Waals surface area contributed by atoms with E-state index in [0.717, 1.165) is 14.2 Å². The molecule has 10 nitrogen and oxygen atoms in total. The summed E-state index contributed by atoms with van der Waals surface area (Å²) in [5, 5.41) is 10.9. The molecule has 3 aromatic carbocycles. The molecule has 3 aromatic rings. The highest BCUT2D eigenvalue weighted by molar-refractivity contribution is 6.23. The minimum Gasteiger partial charge on any atom is -0.466 e. The maximum absolute atomic E-state index is 13.3. The Hall–Kier alpha value is -5.43. The number of cyclic esters (lactones) is 2. The predicted molar refractivity (Wildman–Crippen MR) is 133 cm³/mol. The summed E-state index contributed by atoms with van der Waals surface area (Å²) in [6, 6.07) is 18.3. The Balaban J connectivity index is 1.90. The monoisotopic (exact) mass is 509 g/mol. The van der Waals surface area contributed by atoms with Crippen molar-refractivity contribution in [1.29, 1.82) is 5.26 Å². The molecule has 2 aliphatic heterocycles. The average molecular weight is 509 g/mol. The first kappa shape index (κ1) is 24.3. The van der Waals surface area contributed by atoms with Gasteiger partial charge in [0.25, 0.3) is 0 Å². The fourth-order valence-corrected chi connectivity index (χ4v) is 4.88.